The molecule has 5 rings (SSSR count). The largest absolute Gasteiger partial charge is 0.457 e. The number of nitrogens with zero attached hydrogens (tertiary/aromatic N) is 1. The van der Waals surface area contributed by atoms with Gasteiger partial charge in [0.15, 0.2) is 10.7 Å². The summed E-state index contributed by atoms with van der Waals surface area (Å²) in [6, 6.07) is 21.9. The molecule has 0 unspecified atom stereocenters. The van der Waals surface area contributed by atoms with Gasteiger partial charge in [0.25, 0.3) is 0 Å². The highest BCUT2D eigenvalue weighted by atomic mass is 35.5. The Labute approximate surface area is 227 Å². The Hall–Kier alpha value is -3.91. The van der Waals surface area contributed by atoms with E-state index in [-0.39, 0.29) is 5.11 Å². The number of hydrogen-bond acceptors (Lipinski definition) is 5. The van der Waals surface area contributed by atoms with E-state index in [1.807, 2.05) is 49.4 Å². The van der Waals surface area contributed by atoms with Gasteiger partial charge in [-0.1, -0.05) is 29.3 Å². The van der Waals surface area contributed by atoms with Crippen LogP contribution in [0.1, 0.15) is 11.3 Å². The van der Waals surface area contributed by atoms with Gasteiger partial charge in [0.1, 0.15) is 17.0 Å². The minimum absolute atomic E-state index is 0.160. The Bertz CT molecular complexity index is 1660. The van der Waals surface area contributed by atoms with E-state index in [2.05, 4.69) is 15.6 Å². The van der Waals surface area contributed by atoms with Gasteiger partial charge in [-0.05, 0) is 97.5 Å². The Morgan fingerprint density at radius 3 is 2.57 bits per heavy atom. The average molecular weight is 548 g/mol. The van der Waals surface area contributed by atoms with Crippen LogP contribution in [0.4, 0.5) is 5.69 Å². The van der Waals surface area contributed by atoms with Crippen LogP contribution in [0.25, 0.3) is 40.0 Å². The molecule has 9 heteroatoms. The zero-order chi connectivity index (χ0) is 25.9. The summed E-state index contributed by atoms with van der Waals surface area (Å²) in [6.07, 6.45) is 2.88. The van der Waals surface area contributed by atoms with Crippen LogP contribution in [-0.4, -0.2) is 16.0 Å². The molecular formula is C28H19Cl2N3O3S. The molecule has 0 bridgehead atoms. The summed E-state index contributed by atoms with van der Waals surface area (Å²) in [5.41, 5.74) is 4.91. The number of benzene rings is 3. The van der Waals surface area contributed by atoms with Crippen LogP contribution in [0.2, 0.25) is 10.0 Å². The van der Waals surface area contributed by atoms with E-state index in [0.29, 0.717) is 38.7 Å². The zero-order valence-electron chi connectivity index (χ0n) is 19.4. The lowest BCUT2D eigenvalue weighted by atomic mass is 10.2. The number of nitrogens with one attached hydrogen (secondary N) is 2. The summed E-state index contributed by atoms with van der Waals surface area (Å²) in [6.45, 7) is 2.01. The second kappa shape index (κ2) is 10.6. The first-order chi connectivity index (χ1) is 17.8. The number of hydrogen-bond donors (Lipinski definition) is 2. The molecule has 2 heterocycles. The highest BCUT2D eigenvalue weighted by molar-refractivity contribution is 7.80. The molecule has 0 atom stereocenters. The molecule has 1 amide bonds. The van der Waals surface area contributed by atoms with Crippen molar-refractivity contribution in [2.24, 2.45) is 0 Å². The third-order valence-electron chi connectivity index (χ3n) is 5.39. The van der Waals surface area contributed by atoms with Gasteiger partial charge in [0.2, 0.25) is 11.8 Å². The van der Waals surface area contributed by atoms with Crippen molar-refractivity contribution >= 4 is 69.3 Å². The van der Waals surface area contributed by atoms with Crippen molar-refractivity contribution in [3.63, 3.8) is 0 Å². The number of rotatable bonds is 5. The number of amides is 1. The first kappa shape index (κ1) is 24.8. The van der Waals surface area contributed by atoms with Crippen molar-refractivity contribution in [2.45, 2.75) is 6.92 Å². The molecule has 2 aromatic heterocycles. The zero-order valence-corrected chi connectivity index (χ0v) is 21.7. The standard InChI is InChI=1S/C28H19Cl2N3O3S/c1-16-2-11-25-23(14-16)32-27(36-25)17-3-6-19(7-4-17)31-28(37)33-26(34)13-9-20-8-12-24(35-20)21-10-5-18(29)15-22(21)30/h2-15H,1H3,(H2,31,33,34,37)/b13-9+. The third-order valence-corrected chi connectivity index (χ3v) is 6.14. The Morgan fingerprint density at radius 2 is 1.78 bits per heavy atom. The molecule has 3 aromatic carbocycles. The minimum Gasteiger partial charge on any atom is -0.457 e. The monoisotopic (exact) mass is 547 g/mol. The van der Waals surface area contributed by atoms with Gasteiger partial charge in [-0.3, -0.25) is 10.1 Å². The molecule has 0 aliphatic carbocycles. The summed E-state index contributed by atoms with van der Waals surface area (Å²) < 4.78 is 11.6. The van der Waals surface area contributed by atoms with Crippen molar-refractivity contribution < 1.29 is 13.6 Å². The Kier molecular flexibility index (Phi) is 7.10. The number of anilines is 1. The molecule has 184 valence electrons. The number of carbonyl (C=O) groups is 1. The maximum atomic E-state index is 12.3. The first-order valence-corrected chi connectivity index (χ1v) is 12.3. The van der Waals surface area contributed by atoms with Crippen molar-refractivity contribution in [3.8, 4) is 22.8 Å². The lowest BCUT2D eigenvalue weighted by Crippen LogP contribution is -2.32. The van der Waals surface area contributed by atoms with Crippen molar-refractivity contribution in [2.75, 3.05) is 5.32 Å². The topological polar surface area (TPSA) is 80.3 Å². The third kappa shape index (κ3) is 5.91. The molecule has 0 saturated carbocycles. The number of halogens is 2. The van der Waals surface area contributed by atoms with Gasteiger partial charge in [0.05, 0.1) is 5.02 Å². The second-order valence-corrected chi connectivity index (χ2v) is 9.42. The van der Waals surface area contributed by atoms with Crippen LogP contribution in [0.3, 0.4) is 0 Å². The molecule has 0 fully saturated rings. The fraction of sp³-hybridized carbons (Fsp3) is 0.0357. The SMILES string of the molecule is Cc1ccc2oc(-c3ccc(NC(=S)NC(=O)/C=C/c4ccc(-c5ccc(Cl)cc5Cl)o4)cc3)nc2c1. The van der Waals surface area contributed by atoms with Crippen LogP contribution >= 0.6 is 35.4 Å². The summed E-state index contributed by atoms with van der Waals surface area (Å²) in [5.74, 6) is 1.18. The molecule has 6 nitrogen and oxygen atoms in total. The fourth-order valence-corrected chi connectivity index (χ4v) is 4.33. The van der Waals surface area contributed by atoms with Gasteiger partial charge < -0.3 is 14.2 Å². The molecule has 0 saturated heterocycles. The number of thiocarbonyl (C=S) groups is 1. The highest BCUT2D eigenvalue weighted by Crippen LogP contribution is 2.32. The van der Waals surface area contributed by atoms with E-state index >= 15 is 0 Å². The minimum atomic E-state index is -0.404. The van der Waals surface area contributed by atoms with Crippen molar-refractivity contribution in [1.29, 1.82) is 0 Å². The van der Waals surface area contributed by atoms with E-state index < -0.39 is 5.91 Å². The molecule has 0 aliphatic rings. The summed E-state index contributed by atoms with van der Waals surface area (Å²) in [4.78, 5) is 16.9. The van der Waals surface area contributed by atoms with E-state index in [4.69, 9.17) is 44.3 Å². The molecule has 0 radical (unpaired) electrons. The quantitative estimate of drug-likeness (QED) is 0.172. The van der Waals surface area contributed by atoms with Gasteiger partial charge in [-0.15, -0.1) is 0 Å². The van der Waals surface area contributed by atoms with Crippen molar-refractivity contribution in [1.82, 2.24) is 10.3 Å². The molecule has 37 heavy (non-hydrogen) atoms. The number of aromatic nitrogens is 1. The summed E-state index contributed by atoms with van der Waals surface area (Å²) >= 11 is 17.4. The van der Waals surface area contributed by atoms with Gasteiger partial charge in [0, 0.05) is 27.9 Å². The predicted molar refractivity (Wildman–Crippen MR) is 152 cm³/mol. The molecular weight excluding hydrogens is 529 g/mol. The number of fused-ring (bicyclic) bond motifs is 1. The Balaban J connectivity index is 1.17. The van der Waals surface area contributed by atoms with Gasteiger partial charge in [-0.2, -0.15) is 0 Å². The Morgan fingerprint density at radius 1 is 0.973 bits per heavy atom. The fourth-order valence-electron chi connectivity index (χ4n) is 3.61. The molecule has 5 aromatic rings. The number of oxazole rings is 1. The van der Waals surface area contributed by atoms with Crippen LogP contribution < -0.4 is 10.6 Å². The van der Waals surface area contributed by atoms with Gasteiger partial charge in [-0.25, -0.2) is 4.98 Å². The molecule has 0 aliphatic heterocycles. The van der Waals surface area contributed by atoms with Crippen LogP contribution in [0, 0.1) is 6.92 Å². The van der Waals surface area contributed by atoms with E-state index in [1.54, 1.807) is 36.4 Å². The number of aryl methyl sites for hydroxylation is 1. The highest BCUT2D eigenvalue weighted by Gasteiger charge is 2.10. The molecule has 2 N–H and O–H groups in total. The number of carbonyl (C=O) groups excluding carboxylic acids is 1. The van der Waals surface area contributed by atoms with Crippen LogP contribution in [-0.2, 0) is 4.79 Å². The molecule has 0 spiro atoms. The smallest absolute Gasteiger partial charge is 0.250 e. The second-order valence-electron chi connectivity index (χ2n) is 8.17. The predicted octanol–water partition coefficient (Wildman–Crippen LogP) is 7.90. The lowest BCUT2D eigenvalue weighted by Gasteiger charge is -2.08. The van der Waals surface area contributed by atoms with Crippen molar-refractivity contribution in [3.05, 3.63) is 100 Å². The van der Waals surface area contributed by atoms with Gasteiger partial charge >= 0.3 is 0 Å². The maximum absolute atomic E-state index is 12.3. The van der Waals surface area contributed by atoms with Crippen LogP contribution in [0.15, 0.2) is 87.7 Å². The average Bonchev–Trinajstić information content (AvgIpc) is 3.50. The summed E-state index contributed by atoms with van der Waals surface area (Å²) in [7, 11) is 0. The van der Waals surface area contributed by atoms with E-state index in [1.165, 1.54) is 6.08 Å². The summed E-state index contributed by atoms with van der Waals surface area (Å²) in [5, 5.41) is 6.77. The number of furan rings is 1. The normalized spacial score (nSPS) is 11.2. The van der Waals surface area contributed by atoms with E-state index in [9.17, 15) is 4.79 Å². The van der Waals surface area contributed by atoms with Crippen LogP contribution in [0.5, 0.6) is 0 Å². The maximum Gasteiger partial charge on any atom is 0.250 e. The lowest BCUT2D eigenvalue weighted by molar-refractivity contribution is -0.115. The first-order valence-electron chi connectivity index (χ1n) is 11.2. The van der Waals surface area contributed by atoms with E-state index in [0.717, 1.165) is 22.2 Å².